The average Bonchev–Trinajstić information content (AvgIpc) is 2.98. The zero-order valence-electron chi connectivity index (χ0n) is 12.8. The second kappa shape index (κ2) is 6.01. The van der Waals surface area contributed by atoms with E-state index in [2.05, 4.69) is 54.6 Å². The van der Waals surface area contributed by atoms with Crippen LogP contribution in [0.2, 0.25) is 0 Å². The second-order valence-electron chi connectivity index (χ2n) is 6.15. The summed E-state index contributed by atoms with van der Waals surface area (Å²) in [6.45, 7) is 1.62. The Balaban J connectivity index is 1.49. The zero-order chi connectivity index (χ0) is 15.6. The molecule has 0 aliphatic carbocycles. The molecule has 3 heteroatoms. The van der Waals surface area contributed by atoms with E-state index in [4.69, 9.17) is 9.47 Å². The Hall–Kier alpha value is -2.39. The van der Waals surface area contributed by atoms with E-state index >= 15 is 0 Å². The summed E-state index contributed by atoms with van der Waals surface area (Å²) in [5, 5.41) is 4.97. The predicted octanol–water partition coefficient (Wildman–Crippen LogP) is 4.07. The lowest BCUT2D eigenvalue weighted by Crippen LogP contribution is -2.09. The molecular formula is C20H18O3. The smallest absolute Gasteiger partial charge is 0.306 e. The van der Waals surface area contributed by atoms with Gasteiger partial charge >= 0.3 is 5.97 Å². The van der Waals surface area contributed by atoms with Crippen molar-refractivity contribution >= 4 is 27.5 Å². The maximum absolute atomic E-state index is 11.1. The summed E-state index contributed by atoms with van der Waals surface area (Å²) in [5.74, 6) is 0.0862. The topological polar surface area (TPSA) is 35.5 Å². The Bertz CT molecular complexity index is 869. The van der Waals surface area contributed by atoms with Gasteiger partial charge in [-0.2, -0.15) is 0 Å². The fraction of sp³-hybridized carbons (Fsp3) is 0.250. The van der Waals surface area contributed by atoms with Crippen LogP contribution in [0.5, 0.6) is 0 Å². The fourth-order valence-electron chi connectivity index (χ4n) is 3.09. The molecule has 3 nitrogen and oxygen atoms in total. The first kappa shape index (κ1) is 14.2. The number of hydrogen-bond donors (Lipinski definition) is 0. The van der Waals surface area contributed by atoms with E-state index in [1.165, 1.54) is 21.5 Å². The van der Waals surface area contributed by atoms with E-state index in [1.54, 1.807) is 0 Å². The number of esters is 1. The lowest BCUT2D eigenvalue weighted by molar-refractivity contribution is -0.137. The Labute approximate surface area is 134 Å². The van der Waals surface area contributed by atoms with Crippen molar-refractivity contribution in [3.8, 4) is 0 Å². The molecule has 1 aliphatic heterocycles. The molecule has 0 amide bonds. The van der Waals surface area contributed by atoms with Gasteiger partial charge in [0.1, 0.15) is 0 Å². The number of carbonyl (C=O) groups is 1. The van der Waals surface area contributed by atoms with Crippen LogP contribution >= 0.6 is 0 Å². The van der Waals surface area contributed by atoms with E-state index in [1.807, 2.05) is 0 Å². The number of benzene rings is 3. The molecule has 1 heterocycles. The van der Waals surface area contributed by atoms with Crippen molar-refractivity contribution in [3.63, 3.8) is 0 Å². The van der Waals surface area contributed by atoms with Crippen molar-refractivity contribution in [2.75, 3.05) is 13.2 Å². The Morgan fingerprint density at radius 2 is 1.70 bits per heavy atom. The minimum Gasteiger partial charge on any atom is -0.465 e. The third-order valence-corrected chi connectivity index (χ3v) is 4.33. The van der Waals surface area contributed by atoms with Gasteiger partial charge in [0.25, 0.3) is 0 Å². The molecule has 0 spiro atoms. The Kier molecular flexibility index (Phi) is 3.72. The third kappa shape index (κ3) is 3.06. The SMILES string of the molecule is O=C1CC(COCc2ccc3cc4ccccc4cc3c2)CO1. The third-order valence-electron chi connectivity index (χ3n) is 4.33. The number of carbonyl (C=O) groups excluding carboxylic acids is 1. The van der Waals surface area contributed by atoms with E-state index < -0.39 is 0 Å². The highest BCUT2D eigenvalue weighted by Crippen LogP contribution is 2.24. The molecule has 4 rings (SSSR count). The van der Waals surface area contributed by atoms with Crippen molar-refractivity contribution in [1.29, 1.82) is 0 Å². The predicted molar refractivity (Wildman–Crippen MR) is 90.2 cm³/mol. The summed E-state index contributed by atoms with van der Waals surface area (Å²) in [6.07, 6.45) is 0.476. The van der Waals surface area contributed by atoms with E-state index in [9.17, 15) is 4.79 Å². The highest BCUT2D eigenvalue weighted by molar-refractivity contribution is 5.98. The molecule has 1 atom stereocenters. The minimum absolute atomic E-state index is 0.115. The molecule has 1 saturated heterocycles. The monoisotopic (exact) mass is 306 g/mol. The highest BCUT2D eigenvalue weighted by Gasteiger charge is 2.23. The van der Waals surface area contributed by atoms with Crippen LogP contribution in [-0.2, 0) is 20.9 Å². The second-order valence-corrected chi connectivity index (χ2v) is 6.15. The summed E-state index contributed by atoms with van der Waals surface area (Å²) in [4.78, 5) is 11.1. The molecule has 0 radical (unpaired) electrons. The summed E-state index contributed by atoms with van der Waals surface area (Å²) in [5.41, 5.74) is 1.15. The minimum atomic E-state index is -0.115. The number of ether oxygens (including phenoxy) is 2. The molecule has 116 valence electrons. The molecule has 1 aliphatic rings. The number of fused-ring (bicyclic) bond motifs is 2. The van der Waals surface area contributed by atoms with Gasteiger partial charge in [0.15, 0.2) is 0 Å². The van der Waals surface area contributed by atoms with Gasteiger partial charge < -0.3 is 9.47 Å². The molecule has 0 N–H and O–H groups in total. The Morgan fingerprint density at radius 3 is 2.43 bits per heavy atom. The lowest BCUT2D eigenvalue weighted by atomic mass is 10.0. The first-order valence-electron chi connectivity index (χ1n) is 7.93. The van der Waals surface area contributed by atoms with Crippen molar-refractivity contribution in [3.05, 3.63) is 60.2 Å². The van der Waals surface area contributed by atoms with E-state index in [-0.39, 0.29) is 11.9 Å². The summed E-state index contributed by atoms with van der Waals surface area (Å²) in [7, 11) is 0. The first-order valence-corrected chi connectivity index (χ1v) is 7.93. The van der Waals surface area contributed by atoms with Gasteiger partial charge in [-0.1, -0.05) is 36.4 Å². The normalized spacial score (nSPS) is 17.7. The van der Waals surface area contributed by atoms with Crippen LogP contribution in [0.3, 0.4) is 0 Å². The van der Waals surface area contributed by atoms with Crippen LogP contribution in [0.4, 0.5) is 0 Å². The van der Waals surface area contributed by atoms with Gasteiger partial charge in [0, 0.05) is 5.92 Å². The molecule has 0 bridgehead atoms. The van der Waals surface area contributed by atoms with Crippen LogP contribution in [0.1, 0.15) is 12.0 Å². The maximum Gasteiger partial charge on any atom is 0.306 e. The van der Waals surface area contributed by atoms with Gasteiger partial charge in [-0.25, -0.2) is 0 Å². The molecule has 0 saturated carbocycles. The largest absolute Gasteiger partial charge is 0.465 e. The Morgan fingerprint density at radius 1 is 0.957 bits per heavy atom. The van der Waals surface area contributed by atoms with Crippen molar-refractivity contribution < 1.29 is 14.3 Å². The highest BCUT2D eigenvalue weighted by atomic mass is 16.5. The van der Waals surface area contributed by atoms with E-state index in [0.717, 1.165) is 5.56 Å². The molecular weight excluding hydrogens is 288 g/mol. The molecule has 3 aromatic carbocycles. The maximum atomic E-state index is 11.1. The van der Waals surface area contributed by atoms with Gasteiger partial charge in [-0.05, 0) is 45.3 Å². The quantitative estimate of drug-likeness (QED) is 0.538. The average molecular weight is 306 g/mol. The fourth-order valence-corrected chi connectivity index (χ4v) is 3.09. The summed E-state index contributed by atoms with van der Waals surface area (Å²) < 4.78 is 10.7. The van der Waals surface area contributed by atoms with Gasteiger partial charge in [-0.3, -0.25) is 4.79 Å². The van der Waals surface area contributed by atoms with Crippen LogP contribution in [0, 0.1) is 5.92 Å². The van der Waals surface area contributed by atoms with Crippen LogP contribution < -0.4 is 0 Å². The van der Waals surface area contributed by atoms with Crippen LogP contribution in [0.15, 0.2) is 54.6 Å². The van der Waals surface area contributed by atoms with Gasteiger partial charge in [-0.15, -0.1) is 0 Å². The molecule has 23 heavy (non-hydrogen) atoms. The van der Waals surface area contributed by atoms with E-state index in [0.29, 0.717) is 26.2 Å². The summed E-state index contributed by atoms with van der Waals surface area (Å²) in [6, 6.07) is 19.3. The van der Waals surface area contributed by atoms with Crippen molar-refractivity contribution in [2.45, 2.75) is 13.0 Å². The van der Waals surface area contributed by atoms with Crippen LogP contribution in [-0.4, -0.2) is 19.2 Å². The van der Waals surface area contributed by atoms with Crippen LogP contribution in [0.25, 0.3) is 21.5 Å². The number of hydrogen-bond acceptors (Lipinski definition) is 3. The standard InChI is InChI=1S/C20H18O3/c21-20-8-15(13-23-20)12-22-11-14-5-6-18-9-16-3-1-2-4-17(16)10-19(18)7-14/h1-7,9-10,15H,8,11-13H2. The van der Waals surface area contributed by atoms with Gasteiger partial charge in [0.2, 0.25) is 0 Å². The number of rotatable bonds is 4. The lowest BCUT2D eigenvalue weighted by Gasteiger charge is -2.09. The van der Waals surface area contributed by atoms with Gasteiger partial charge in [0.05, 0.1) is 26.2 Å². The van der Waals surface area contributed by atoms with Crippen molar-refractivity contribution in [1.82, 2.24) is 0 Å². The molecule has 0 aromatic heterocycles. The molecule has 3 aromatic rings. The number of cyclic esters (lactones) is 1. The first-order chi connectivity index (χ1) is 11.3. The van der Waals surface area contributed by atoms with Crippen molar-refractivity contribution in [2.24, 2.45) is 5.92 Å². The molecule has 1 fully saturated rings. The zero-order valence-corrected chi connectivity index (χ0v) is 12.8. The molecule has 1 unspecified atom stereocenters. The summed E-state index contributed by atoms with van der Waals surface area (Å²) >= 11 is 0.